The molecular formula is C19H24FNO3S. The molecule has 0 aromatic heterocycles. The van der Waals surface area contributed by atoms with Gasteiger partial charge in [-0.1, -0.05) is 44.5 Å². The molecule has 0 radical (unpaired) electrons. The third kappa shape index (κ3) is 4.66. The van der Waals surface area contributed by atoms with E-state index in [1.165, 1.54) is 12.1 Å². The van der Waals surface area contributed by atoms with Gasteiger partial charge in [0.15, 0.2) is 0 Å². The third-order valence-corrected chi connectivity index (χ3v) is 5.99. The molecule has 2 N–H and O–H groups in total. The van der Waals surface area contributed by atoms with Crippen LogP contribution in [-0.2, 0) is 10.0 Å². The second kappa shape index (κ2) is 8.08. The number of sulfonamides is 1. The molecule has 0 bridgehead atoms. The van der Waals surface area contributed by atoms with Gasteiger partial charge in [0.25, 0.3) is 0 Å². The molecule has 6 heteroatoms. The molecule has 0 aliphatic heterocycles. The van der Waals surface area contributed by atoms with Crippen molar-refractivity contribution in [1.29, 1.82) is 0 Å². The standard InChI is InChI=1S/C19H24FNO3S/c1-4-13(2)18(19(22)17-8-6-5-7-14(17)3)21-25(23,24)16-11-9-15(20)10-12-16/h5-13,18-19,21-22H,4H2,1-3H3/t13-,18-,19?/m0/s1. The molecule has 0 saturated carbocycles. The van der Waals surface area contributed by atoms with Gasteiger partial charge in [-0.25, -0.2) is 17.5 Å². The van der Waals surface area contributed by atoms with Crippen LogP contribution in [0.25, 0.3) is 0 Å². The Morgan fingerprint density at radius 2 is 1.72 bits per heavy atom. The SMILES string of the molecule is CC[C@H](C)[C@H](NS(=O)(=O)c1ccc(F)cc1)C(O)c1ccccc1C. The number of nitrogens with one attached hydrogen (secondary N) is 1. The highest BCUT2D eigenvalue weighted by Gasteiger charge is 2.31. The molecule has 4 nitrogen and oxygen atoms in total. The van der Waals surface area contributed by atoms with Crippen molar-refractivity contribution in [3.63, 3.8) is 0 Å². The normalized spacial score (nSPS) is 15.6. The number of hydrogen-bond acceptors (Lipinski definition) is 3. The second-order valence-corrected chi connectivity index (χ2v) is 8.00. The van der Waals surface area contributed by atoms with Crippen molar-refractivity contribution in [2.75, 3.05) is 0 Å². The highest BCUT2D eigenvalue weighted by Crippen LogP contribution is 2.27. The largest absolute Gasteiger partial charge is 0.387 e. The number of aliphatic hydroxyl groups is 1. The average Bonchev–Trinajstić information content (AvgIpc) is 2.59. The summed E-state index contributed by atoms with van der Waals surface area (Å²) in [6, 6.07) is 11.3. The van der Waals surface area contributed by atoms with Gasteiger partial charge in [0, 0.05) is 0 Å². The number of benzene rings is 2. The Hall–Kier alpha value is -1.76. The van der Waals surface area contributed by atoms with Crippen molar-refractivity contribution in [3.05, 3.63) is 65.5 Å². The summed E-state index contributed by atoms with van der Waals surface area (Å²) >= 11 is 0. The maximum absolute atomic E-state index is 13.1. The zero-order chi connectivity index (χ0) is 18.6. The minimum absolute atomic E-state index is 0.0285. The maximum Gasteiger partial charge on any atom is 0.240 e. The van der Waals surface area contributed by atoms with Gasteiger partial charge in [0.05, 0.1) is 17.0 Å². The van der Waals surface area contributed by atoms with E-state index >= 15 is 0 Å². The van der Waals surface area contributed by atoms with Gasteiger partial charge >= 0.3 is 0 Å². The lowest BCUT2D eigenvalue weighted by molar-refractivity contribution is 0.111. The number of rotatable bonds is 7. The van der Waals surface area contributed by atoms with E-state index in [0.717, 1.165) is 17.7 Å². The van der Waals surface area contributed by atoms with Gasteiger partial charge in [0.1, 0.15) is 5.82 Å². The van der Waals surface area contributed by atoms with Crippen LogP contribution in [0, 0.1) is 18.7 Å². The number of aliphatic hydroxyl groups excluding tert-OH is 1. The van der Waals surface area contributed by atoms with Crippen molar-refractivity contribution in [1.82, 2.24) is 4.72 Å². The number of aryl methyl sites for hydroxylation is 1. The monoisotopic (exact) mass is 365 g/mol. The summed E-state index contributed by atoms with van der Waals surface area (Å²) in [6.45, 7) is 5.70. The van der Waals surface area contributed by atoms with E-state index in [0.29, 0.717) is 12.0 Å². The lowest BCUT2D eigenvalue weighted by atomic mass is 9.89. The second-order valence-electron chi connectivity index (χ2n) is 6.29. The fraction of sp³-hybridized carbons (Fsp3) is 0.368. The molecule has 0 fully saturated rings. The van der Waals surface area contributed by atoms with Gasteiger partial charge in [-0.15, -0.1) is 0 Å². The van der Waals surface area contributed by atoms with Gasteiger partial charge in [-0.3, -0.25) is 0 Å². The van der Waals surface area contributed by atoms with E-state index < -0.39 is 28.0 Å². The molecule has 0 amide bonds. The van der Waals surface area contributed by atoms with Gasteiger partial charge in [0.2, 0.25) is 10.0 Å². The highest BCUT2D eigenvalue weighted by atomic mass is 32.2. The Morgan fingerprint density at radius 1 is 1.12 bits per heavy atom. The van der Waals surface area contributed by atoms with E-state index in [-0.39, 0.29) is 10.8 Å². The van der Waals surface area contributed by atoms with E-state index in [1.54, 1.807) is 6.07 Å². The van der Waals surface area contributed by atoms with Crippen LogP contribution in [0.1, 0.15) is 37.5 Å². The Bertz CT molecular complexity index is 806. The zero-order valence-electron chi connectivity index (χ0n) is 14.6. The molecule has 0 saturated heterocycles. The Labute approximate surface area is 148 Å². The topological polar surface area (TPSA) is 66.4 Å². The Balaban J connectivity index is 2.35. The first-order valence-corrected chi connectivity index (χ1v) is 9.76. The summed E-state index contributed by atoms with van der Waals surface area (Å²) in [7, 11) is -3.87. The van der Waals surface area contributed by atoms with Gasteiger partial charge in [-0.2, -0.15) is 0 Å². The Morgan fingerprint density at radius 3 is 2.28 bits per heavy atom. The van der Waals surface area contributed by atoms with Crippen molar-refractivity contribution < 1.29 is 17.9 Å². The molecule has 0 aliphatic rings. The maximum atomic E-state index is 13.1. The van der Waals surface area contributed by atoms with Crippen LogP contribution in [0.4, 0.5) is 4.39 Å². The van der Waals surface area contributed by atoms with Crippen LogP contribution >= 0.6 is 0 Å². The molecular weight excluding hydrogens is 341 g/mol. The number of halogens is 1. The first-order valence-electron chi connectivity index (χ1n) is 8.27. The third-order valence-electron chi connectivity index (χ3n) is 4.52. The summed E-state index contributed by atoms with van der Waals surface area (Å²) < 4.78 is 41.0. The van der Waals surface area contributed by atoms with Crippen molar-refractivity contribution in [2.24, 2.45) is 5.92 Å². The van der Waals surface area contributed by atoms with Crippen molar-refractivity contribution >= 4 is 10.0 Å². The van der Waals surface area contributed by atoms with Crippen LogP contribution in [0.3, 0.4) is 0 Å². The smallest absolute Gasteiger partial charge is 0.240 e. The van der Waals surface area contributed by atoms with Crippen LogP contribution in [0.15, 0.2) is 53.4 Å². The minimum atomic E-state index is -3.87. The van der Waals surface area contributed by atoms with E-state index in [2.05, 4.69) is 4.72 Å². The summed E-state index contributed by atoms with van der Waals surface area (Å²) in [4.78, 5) is -0.0285. The van der Waals surface area contributed by atoms with E-state index in [4.69, 9.17) is 0 Å². The molecule has 25 heavy (non-hydrogen) atoms. The van der Waals surface area contributed by atoms with Crippen LogP contribution < -0.4 is 4.72 Å². The average molecular weight is 365 g/mol. The summed E-state index contributed by atoms with van der Waals surface area (Å²) in [5.41, 5.74) is 1.58. The first-order chi connectivity index (χ1) is 11.8. The van der Waals surface area contributed by atoms with Crippen LogP contribution in [0.5, 0.6) is 0 Å². The summed E-state index contributed by atoms with van der Waals surface area (Å²) in [5, 5.41) is 10.8. The minimum Gasteiger partial charge on any atom is -0.387 e. The molecule has 2 rings (SSSR count). The van der Waals surface area contributed by atoms with E-state index in [9.17, 15) is 17.9 Å². The first kappa shape index (κ1) is 19.6. The number of hydrogen-bond donors (Lipinski definition) is 2. The van der Waals surface area contributed by atoms with Crippen LogP contribution in [0.2, 0.25) is 0 Å². The fourth-order valence-electron chi connectivity index (χ4n) is 2.72. The van der Waals surface area contributed by atoms with Crippen molar-refractivity contribution in [3.8, 4) is 0 Å². The highest BCUT2D eigenvalue weighted by molar-refractivity contribution is 7.89. The molecule has 1 unspecified atom stereocenters. The zero-order valence-corrected chi connectivity index (χ0v) is 15.4. The summed E-state index contributed by atoms with van der Waals surface area (Å²) in [6.07, 6.45) is -0.286. The summed E-state index contributed by atoms with van der Waals surface area (Å²) in [5.74, 6) is -0.595. The Kier molecular flexibility index (Phi) is 6.32. The van der Waals surface area contributed by atoms with E-state index in [1.807, 2.05) is 39.0 Å². The predicted octanol–water partition coefficient (Wildman–Crippen LogP) is 3.56. The predicted molar refractivity (Wildman–Crippen MR) is 96.1 cm³/mol. The lowest BCUT2D eigenvalue weighted by Crippen LogP contribution is -2.43. The van der Waals surface area contributed by atoms with Gasteiger partial charge in [-0.05, 0) is 48.2 Å². The quantitative estimate of drug-likeness (QED) is 0.788. The molecule has 2 aromatic rings. The lowest BCUT2D eigenvalue weighted by Gasteiger charge is -2.30. The molecule has 0 aliphatic carbocycles. The molecule has 0 spiro atoms. The molecule has 136 valence electrons. The van der Waals surface area contributed by atoms with Crippen molar-refractivity contribution in [2.45, 2.75) is 44.2 Å². The van der Waals surface area contributed by atoms with Crippen LogP contribution in [-0.4, -0.2) is 19.6 Å². The molecule has 0 heterocycles. The fourth-order valence-corrected chi connectivity index (χ4v) is 4.07. The molecule has 2 aromatic carbocycles. The van der Waals surface area contributed by atoms with Gasteiger partial charge < -0.3 is 5.11 Å². The molecule has 3 atom stereocenters.